The molecular weight excluding hydrogens is 290 g/mol. The van der Waals surface area contributed by atoms with Gasteiger partial charge in [-0.25, -0.2) is 14.5 Å². The van der Waals surface area contributed by atoms with Crippen LogP contribution in [0, 0.1) is 11.8 Å². The molecule has 1 saturated heterocycles. The van der Waals surface area contributed by atoms with Gasteiger partial charge in [-0.15, -0.1) is 0 Å². The van der Waals surface area contributed by atoms with E-state index in [1.807, 2.05) is 9.58 Å². The van der Waals surface area contributed by atoms with Crippen LogP contribution in [-0.2, 0) is 0 Å². The summed E-state index contributed by atoms with van der Waals surface area (Å²) in [5, 5.41) is 7.36. The van der Waals surface area contributed by atoms with Crippen molar-refractivity contribution in [3.05, 3.63) is 12.7 Å². The molecule has 2 aliphatic rings. The van der Waals surface area contributed by atoms with Gasteiger partial charge in [0.05, 0.1) is 6.04 Å². The van der Waals surface area contributed by atoms with E-state index in [1.54, 1.807) is 12.7 Å². The molecule has 0 bridgehead atoms. The van der Waals surface area contributed by atoms with E-state index in [2.05, 4.69) is 22.3 Å². The number of nitrogens with zero attached hydrogens (tertiary/aromatic N) is 4. The van der Waals surface area contributed by atoms with E-state index >= 15 is 0 Å². The Morgan fingerprint density at radius 2 is 1.83 bits per heavy atom. The van der Waals surface area contributed by atoms with Gasteiger partial charge in [0.15, 0.2) is 0 Å². The second kappa shape index (κ2) is 7.79. The molecule has 1 aliphatic carbocycles. The smallest absolute Gasteiger partial charge is 0.317 e. The number of urea groups is 1. The average Bonchev–Trinajstić information content (AvgIpc) is 3.15. The van der Waals surface area contributed by atoms with Gasteiger partial charge in [-0.3, -0.25) is 0 Å². The van der Waals surface area contributed by atoms with Gasteiger partial charge in [-0.1, -0.05) is 26.2 Å². The highest BCUT2D eigenvalue weighted by molar-refractivity contribution is 5.74. The van der Waals surface area contributed by atoms with Crippen LogP contribution in [-0.4, -0.2) is 45.3 Å². The average molecular weight is 319 g/mol. The van der Waals surface area contributed by atoms with E-state index in [9.17, 15) is 4.79 Å². The van der Waals surface area contributed by atoms with Crippen molar-refractivity contribution in [1.29, 1.82) is 0 Å². The second-order valence-corrected chi connectivity index (χ2v) is 7.07. The van der Waals surface area contributed by atoms with Crippen LogP contribution >= 0.6 is 0 Å². The number of rotatable bonds is 4. The molecule has 0 spiro atoms. The SMILES string of the molecule is CCC1CCC(CNC(=O)N2CCC(n3cncn3)CC2)CC1. The fraction of sp³-hybridized carbons (Fsp3) is 0.824. The van der Waals surface area contributed by atoms with Gasteiger partial charge in [-0.2, -0.15) is 5.10 Å². The number of carbonyl (C=O) groups excluding carboxylic acids is 1. The van der Waals surface area contributed by atoms with Crippen molar-refractivity contribution in [2.75, 3.05) is 19.6 Å². The monoisotopic (exact) mass is 319 g/mol. The molecule has 23 heavy (non-hydrogen) atoms. The van der Waals surface area contributed by atoms with Crippen LogP contribution < -0.4 is 5.32 Å². The molecular formula is C17H29N5O. The van der Waals surface area contributed by atoms with E-state index in [4.69, 9.17) is 0 Å². The van der Waals surface area contributed by atoms with Gasteiger partial charge in [0.1, 0.15) is 12.7 Å². The van der Waals surface area contributed by atoms with Crippen molar-refractivity contribution in [1.82, 2.24) is 25.0 Å². The Morgan fingerprint density at radius 3 is 2.43 bits per heavy atom. The summed E-state index contributed by atoms with van der Waals surface area (Å²) in [7, 11) is 0. The van der Waals surface area contributed by atoms with Gasteiger partial charge < -0.3 is 10.2 Å². The molecule has 2 fully saturated rings. The van der Waals surface area contributed by atoms with Crippen LogP contribution in [0.2, 0.25) is 0 Å². The number of amides is 2. The van der Waals surface area contributed by atoms with Crippen LogP contribution in [0.15, 0.2) is 12.7 Å². The minimum atomic E-state index is 0.111. The summed E-state index contributed by atoms with van der Waals surface area (Å²) in [5.74, 6) is 1.59. The minimum Gasteiger partial charge on any atom is -0.338 e. The Morgan fingerprint density at radius 1 is 1.13 bits per heavy atom. The Balaban J connectivity index is 1.37. The molecule has 6 nitrogen and oxygen atoms in total. The van der Waals surface area contributed by atoms with Crippen molar-refractivity contribution >= 4 is 6.03 Å². The lowest BCUT2D eigenvalue weighted by Crippen LogP contribution is -2.46. The number of piperidine rings is 1. The molecule has 1 saturated carbocycles. The largest absolute Gasteiger partial charge is 0.338 e. The molecule has 1 aliphatic heterocycles. The lowest BCUT2D eigenvalue weighted by Gasteiger charge is -2.33. The van der Waals surface area contributed by atoms with Gasteiger partial charge in [-0.05, 0) is 37.5 Å². The molecule has 6 heteroatoms. The van der Waals surface area contributed by atoms with Gasteiger partial charge >= 0.3 is 6.03 Å². The summed E-state index contributed by atoms with van der Waals surface area (Å²) in [6.45, 7) is 4.74. The summed E-state index contributed by atoms with van der Waals surface area (Å²) < 4.78 is 1.92. The highest BCUT2D eigenvalue weighted by Crippen LogP contribution is 2.30. The first kappa shape index (κ1) is 16.3. The van der Waals surface area contributed by atoms with Gasteiger partial charge in [0.2, 0.25) is 0 Å². The third kappa shape index (κ3) is 4.24. The molecule has 128 valence electrons. The molecule has 0 radical (unpaired) electrons. The summed E-state index contributed by atoms with van der Waals surface area (Å²) in [6.07, 6.45) is 11.8. The predicted octanol–water partition coefficient (Wildman–Crippen LogP) is 2.84. The Hall–Kier alpha value is -1.59. The van der Waals surface area contributed by atoms with Crippen LogP contribution in [0.5, 0.6) is 0 Å². The van der Waals surface area contributed by atoms with Crippen molar-refractivity contribution in [2.24, 2.45) is 11.8 Å². The van der Waals surface area contributed by atoms with Crippen LogP contribution in [0.3, 0.4) is 0 Å². The summed E-state index contributed by atoms with van der Waals surface area (Å²) >= 11 is 0. The molecule has 1 N–H and O–H groups in total. The Labute approximate surface area is 138 Å². The van der Waals surface area contributed by atoms with E-state index in [1.165, 1.54) is 32.1 Å². The van der Waals surface area contributed by atoms with Crippen molar-refractivity contribution in [3.8, 4) is 0 Å². The number of likely N-dealkylation sites (tertiary alicyclic amines) is 1. The normalized spacial score (nSPS) is 26.2. The molecule has 2 heterocycles. The first-order valence-corrected chi connectivity index (χ1v) is 9.13. The maximum atomic E-state index is 12.3. The summed E-state index contributed by atoms with van der Waals surface area (Å²) in [4.78, 5) is 18.3. The van der Waals surface area contributed by atoms with Crippen LogP contribution in [0.4, 0.5) is 4.79 Å². The number of carbonyl (C=O) groups is 1. The lowest BCUT2D eigenvalue weighted by atomic mass is 9.81. The third-order valence-electron chi connectivity index (χ3n) is 5.65. The first-order valence-electron chi connectivity index (χ1n) is 9.13. The number of hydrogen-bond donors (Lipinski definition) is 1. The molecule has 1 aromatic rings. The van der Waals surface area contributed by atoms with E-state index in [0.29, 0.717) is 12.0 Å². The lowest BCUT2D eigenvalue weighted by molar-refractivity contribution is 0.164. The maximum absolute atomic E-state index is 12.3. The summed E-state index contributed by atoms with van der Waals surface area (Å²) in [6, 6.07) is 0.491. The number of hydrogen-bond acceptors (Lipinski definition) is 3. The van der Waals surface area contributed by atoms with Crippen molar-refractivity contribution < 1.29 is 4.79 Å². The van der Waals surface area contributed by atoms with Crippen LogP contribution in [0.1, 0.15) is 57.9 Å². The quantitative estimate of drug-likeness (QED) is 0.928. The highest BCUT2D eigenvalue weighted by atomic mass is 16.2. The molecule has 0 aromatic carbocycles. The van der Waals surface area contributed by atoms with Crippen molar-refractivity contribution in [2.45, 2.75) is 57.9 Å². The Bertz CT molecular complexity index is 473. The van der Waals surface area contributed by atoms with E-state index in [0.717, 1.165) is 38.4 Å². The predicted molar refractivity (Wildman–Crippen MR) is 89.0 cm³/mol. The topological polar surface area (TPSA) is 63.1 Å². The molecule has 1 aromatic heterocycles. The van der Waals surface area contributed by atoms with Gasteiger partial charge in [0.25, 0.3) is 0 Å². The second-order valence-electron chi connectivity index (χ2n) is 7.07. The molecule has 2 amide bonds. The highest BCUT2D eigenvalue weighted by Gasteiger charge is 2.25. The van der Waals surface area contributed by atoms with E-state index < -0.39 is 0 Å². The zero-order valence-electron chi connectivity index (χ0n) is 14.2. The summed E-state index contributed by atoms with van der Waals surface area (Å²) in [5.41, 5.74) is 0. The minimum absolute atomic E-state index is 0.111. The number of aromatic nitrogens is 3. The molecule has 3 rings (SSSR count). The van der Waals surface area contributed by atoms with E-state index in [-0.39, 0.29) is 6.03 Å². The molecule has 0 unspecified atom stereocenters. The molecule has 0 atom stereocenters. The standard InChI is InChI=1S/C17H29N5O/c1-2-14-3-5-15(6-4-14)11-19-17(23)21-9-7-16(8-10-21)22-13-18-12-20-22/h12-16H,2-11H2,1H3,(H,19,23). The Kier molecular flexibility index (Phi) is 5.51. The fourth-order valence-electron chi connectivity index (χ4n) is 3.93. The van der Waals surface area contributed by atoms with Crippen molar-refractivity contribution in [3.63, 3.8) is 0 Å². The fourth-order valence-corrected chi connectivity index (χ4v) is 3.93. The zero-order chi connectivity index (χ0) is 16.1. The van der Waals surface area contributed by atoms with Crippen LogP contribution in [0.25, 0.3) is 0 Å². The third-order valence-corrected chi connectivity index (χ3v) is 5.65. The van der Waals surface area contributed by atoms with Gasteiger partial charge in [0, 0.05) is 19.6 Å². The zero-order valence-corrected chi connectivity index (χ0v) is 14.2. The maximum Gasteiger partial charge on any atom is 0.317 e. The first-order chi connectivity index (χ1) is 11.3. The number of nitrogens with one attached hydrogen (secondary N) is 1.